The number of rotatable bonds is 5. The minimum atomic E-state index is -0.706. The van der Waals surface area contributed by atoms with Crippen LogP contribution in [0.5, 0.6) is 0 Å². The van der Waals surface area contributed by atoms with Crippen LogP contribution in [-0.4, -0.2) is 41.5 Å². The number of nitrogens with one attached hydrogen (secondary N) is 1. The van der Waals surface area contributed by atoms with Crippen LogP contribution >= 0.6 is 0 Å². The van der Waals surface area contributed by atoms with E-state index >= 15 is 0 Å². The van der Waals surface area contributed by atoms with Crippen LogP contribution in [0.15, 0.2) is 40.9 Å². The molecule has 1 saturated heterocycles. The van der Waals surface area contributed by atoms with Crippen LogP contribution in [0.1, 0.15) is 46.3 Å². The molecule has 0 radical (unpaired) electrons. The number of amides is 2. The van der Waals surface area contributed by atoms with E-state index in [1.807, 2.05) is 69.0 Å². The van der Waals surface area contributed by atoms with Gasteiger partial charge in [-0.3, -0.25) is 9.59 Å². The van der Waals surface area contributed by atoms with Crippen molar-refractivity contribution in [1.29, 1.82) is 0 Å². The van der Waals surface area contributed by atoms with Gasteiger partial charge in [-0.25, -0.2) is 0 Å². The van der Waals surface area contributed by atoms with E-state index in [0.29, 0.717) is 38.2 Å². The Hall–Kier alpha value is -2.63. The molecule has 2 amide bonds. The Labute approximate surface area is 172 Å². The van der Waals surface area contributed by atoms with E-state index in [1.165, 1.54) is 0 Å². The van der Waals surface area contributed by atoms with Gasteiger partial charge in [0.1, 0.15) is 11.5 Å². The van der Waals surface area contributed by atoms with Crippen LogP contribution in [0.4, 0.5) is 0 Å². The minimum Gasteiger partial charge on any atom is -0.361 e. The predicted octanol–water partition coefficient (Wildman–Crippen LogP) is 3.68. The molecule has 1 N–H and O–H groups in total. The SMILES string of the molecule is CCNC(=O)[C@]1(Cc2cc(-c3ccccc3)no2)CCCN(C(=O)C(C)(C)C)C1. The topological polar surface area (TPSA) is 75.4 Å². The average Bonchev–Trinajstić information content (AvgIpc) is 3.16. The van der Waals surface area contributed by atoms with E-state index in [4.69, 9.17) is 4.52 Å². The van der Waals surface area contributed by atoms with Gasteiger partial charge in [-0.1, -0.05) is 56.3 Å². The van der Waals surface area contributed by atoms with Gasteiger partial charge in [0.25, 0.3) is 0 Å². The molecule has 1 aliphatic heterocycles. The maximum absolute atomic E-state index is 13.1. The third-order valence-corrected chi connectivity index (χ3v) is 5.47. The molecule has 1 aromatic carbocycles. The lowest BCUT2D eigenvalue weighted by atomic mass is 9.74. The van der Waals surface area contributed by atoms with Crippen molar-refractivity contribution in [2.45, 2.75) is 47.0 Å². The highest BCUT2D eigenvalue weighted by molar-refractivity contribution is 5.86. The number of carbonyl (C=O) groups excluding carboxylic acids is 2. The van der Waals surface area contributed by atoms with Gasteiger partial charge in [-0.2, -0.15) is 0 Å². The zero-order valence-corrected chi connectivity index (χ0v) is 17.8. The molecule has 6 nitrogen and oxygen atoms in total. The second kappa shape index (κ2) is 8.39. The summed E-state index contributed by atoms with van der Waals surface area (Å²) in [7, 11) is 0. The summed E-state index contributed by atoms with van der Waals surface area (Å²) in [6.07, 6.45) is 1.93. The molecule has 2 heterocycles. The Morgan fingerprint density at radius 2 is 1.97 bits per heavy atom. The van der Waals surface area contributed by atoms with Crippen molar-refractivity contribution in [3.05, 3.63) is 42.2 Å². The van der Waals surface area contributed by atoms with Crippen LogP contribution in [0, 0.1) is 10.8 Å². The van der Waals surface area contributed by atoms with Crippen LogP contribution in [0.3, 0.4) is 0 Å². The van der Waals surface area contributed by atoms with Crippen molar-refractivity contribution >= 4 is 11.8 Å². The minimum absolute atomic E-state index is 0.0240. The van der Waals surface area contributed by atoms with Crippen molar-refractivity contribution in [3.63, 3.8) is 0 Å². The van der Waals surface area contributed by atoms with E-state index < -0.39 is 10.8 Å². The Bertz CT molecular complexity index is 854. The first-order valence-corrected chi connectivity index (χ1v) is 10.3. The molecule has 6 heteroatoms. The summed E-state index contributed by atoms with van der Waals surface area (Å²) in [5, 5.41) is 7.17. The molecule has 2 aromatic rings. The molecule has 0 aliphatic carbocycles. The lowest BCUT2D eigenvalue weighted by Crippen LogP contribution is -2.56. The maximum Gasteiger partial charge on any atom is 0.228 e. The third-order valence-electron chi connectivity index (χ3n) is 5.47. The molecule has 0 spiro atoms. The van der Waals surface area contributed by atoms with Crippen molar-refractivity contribution in [2.75, 3.05) is 19.6 Å². The first kappa shape index (κ1) is 21.1. The third kappa shape index (κ3) is 4.69. The summed E-state index contributed by atoms with van der Waals surface area (Å²) < 4.78 is 5.60. The molecule has 3 rings (SSSR count). The van der Waals surface area contributed by atoms with Gasteiger partial charge in [0, 0.05) is 43.1 Å². The monoisotopic (exact) mass is 397 g/mol. The van der Waals surface area contributed by atoms with Gasteiger partial charge in [-0.15, -0.1) is 0 Å². The molecule has 1 aliphatic rings. The summed E-state index contributed by atoms with van der Waals surface area (Å²) in [6, 6.07) is 11.7. The zero-order valence-electron chi connectivity index (χ0n) is 17.8. The fourth-order valence-corrected chi connectivity index (χ4v) is 4.01. The van der Waals surface area contributed by atoms with Crippen LogP contribution in [0.2, 0.25) is 0 Å². The first-order valence-electron chi connectivity index (χ1n) is 10.3. The van der Waals surface area contributed by atoms with Crippen LogP contribution in [0.25, 0.3) is 11.3 Å². The zero-order chi connectivity index (χ0) is 21.1. The quantitative estimate of drug-likeness (QED) is 0.835. The van der Waals surface area contributed by atoms with Gasteiger partial charge in [-0.05, 0) is 19.8 Å². The van der Waals surface area contributed by atoms with Crippen molar-refractivity contribution < 1.29 is 14.1 Å². The molecular weight excluding hydrogens is 366 g/mol. The number of carbonyl (C=O) groups is 2. The number of benzene rings is 1. The number of hydrogen-bond donors (Lipinski definition) is 1. The molecule has 156 valence electrons. The summed E-state index contributed by atoms with van der Waals surface area (Å²) in [5.41, 5.74) is 0.549. The van der Waals surface area contributed by atoms with Gasteiger partial charge < -0.3 is 14.7 Å². The standard InChI is InChI=1S/C23H31N3O3/c1-5-24-20(27)23(12-9-13-26(16-23)21(28)22(2,3)4)15-18-14-19(25-29-18)17-10-7-6-8-11-17/h6-8,10-11,14H,5,9,12-13,15-16H2,1-4H3,(H,24,27)/t23-/m0/s1. The van der Waals surface area contributed by atoms with Gasteiger partial charge >= 0.3 is 0 Å². The Kier molecular flexibility index (Phi) is 6.10. The van der Waals surface area contributed by atoms with Gasteiger partial charge in [0.2, 0.25) is 11.8 Å². The van der Waals surface area contributed by atoms with Crippen molar-refractivity contribution in [1.82, 2.24) is 15.4 Å². The first-order chi connectivity index (χ1) is 13.7. The molecule has 1 aromatic heterocycles. The van der Waals surface area contributed by atoms with Crippen molar-refractivity contribution in [2.24, 2.45) is 10.8 Å². The molecule has 0 bridgehead atoms. The smallest absolute Gasteiger partial charge is 0.228 e. The molecule has 0 unspecified atom stereocenters. The highest BCUT2D eigenvalue weighted by Crippen LogP contribution is 2.36. The Morgan fingerprint density at radius 3 is 2.62 bits per heavy atom. The largest absolute Gasteiger partial charge is 0.361 e. The number of hydrogen-bond acceptors (Lipinski definition) is 4. The van der Waals surface area contributed by atoms with Crippen molar-refractivity contribution in [3.8, 4) is 11.3 Å². The highest BCUT2D eigenvalue weighted by Gasteiger charge is 2.45. The van der Waals surface area contributed by atoms with Crippen LogP contribution in [-0.2, 0) is 16.0 Å². The summed E-state index contributed by atoms with van der Waals surface area (Å²) >= 11 is 0. The number of nitrogens with zero attached hydrogens (tertiary/aromatic N) is 2. The maximum atomic E-state index is 13.1. The summed E-state index contributed by atoms with van der Waals surface area (Å²) in [6.45, 7) is 9.30. The lowest BCUT2D eigenvalue weighted by molar-refractivity contribution is -0.147. The number of piperidine rings is 1. The van der Waals surface area contributed by atoms with Crippen LogP contribution < -0.4 is 5.32 Å². The summed E-state index contributed by atoms with van der Waals surface area (Å²) in [5.74, 6) is 0.720. The second-order valence-corrected chi connectivity index (χ2v) is 8.94. The Morgan fingerprint density at radius 1 is 1.24 bits per heavy atom. The van der Waals surface area contributed by atoms with E-state index in [-0.39, 0.29) is 11.8 Å². The van der Waals surface area contributed by atoms with E-state index in [2.05, 4.69) is 10.5 Å². The molecule has 0 saturated carbocycles. The second-order valence-electron chi connectivity index (χ2n) is 8.94. The van der Waals surface area contributed by atoms with E-state index in [9.17, 15) is 9.59 Å². The molecule has 1 fully saturated rings. The normalized spacial score (nSPS) is 19.8. The molecule has 29 heavy (non-hydrogen) atoms. The fraction of sp³-hybridized carbons (Fsp3) is 0.522. The highest BCUT2D eigenvalue weighted by atomic mass is 16.5. The summed E-state index contributed by atoms with van der Waals surface area (Å²) in [4.78, 5) is 27.8. The van der Waals surface area contributed by atoms with E-state index in [1.54, 1.807) is 0 Å². The molecular formula is C23H31N3O3. The molecule has 1 atom stereocenters. The fourth-order valence-electron chi connectivity index (χ4n) is 4.01. The lowest BCUT2D eigenvalue weighted by Gasteiger charge is -2.43. The van der Waals surface area contributed by atoms with Gasteiger partial charge in [0.05, 0.1) is 5.41 Å². The Balaban J connectivity index is 1.87. The van der Waals surface area contributed by atoms with Gasteiger partial charge in [0.15, 0.2) is 0 Å². The number of aromatic nitrogens is 1. The number of likely N-dealkylation sites (tertiary alicyclic amines) is 1. The van der Waals surface area contributed by atoms with E-state index in [0.717, 1.165) is 17.7 Å². The predicted molar refractivity (Wildman–Crippen MR) is 112 cm³/mol. The average molecular weight is 398 g/mol.